The zero-order valence-electron chi connectivity index (χ0n) is 35.1. The Morgan fingerprint density at radius 3 is 2.62 bits per heavy atom. The van der Waals surface area contributed by atoms with Gasteiger partial charge in [0.25, 0.3) is 15.9 Å². The molecule has 4 heterocycles. The maximum absolute atomic E-state index is 14.6. The number of amides is 4. The number of benzene rings is 2. The molecule has 2 fully saturated rings. The fourth-order valence-electron chi connectivity index (χ4n) is 8.36. The number of fused-ring (bicyclic) bond motifs is 3. The van der Waals surface area contributed by atoms with Gasteiger partial charge in [0.05, 0.1) is 30.6 Å². The summed E-state index contributed by atoms with van der Waals surface area (Å²) in [5, 5.41) is 15.3. The van der Waals surface area contributed by atoms with Gasteiger partial charge in [0.2, 0.25) is 17.7 Å². The van der Waals surface area contributed by atoms with Crippen LogP contribution < -0.4 is 35.5 Å². The highest BCUT2D eigenvalue weighted by atomic mass is 32.2. The van der Waals surface area contributed by atoms with E-state index in [1.54, 1.807) is 43.5 Å². The molecule has 4 amide bonds. The minimum atomic E-state index is -4.35. The molecule has 5 N–H and O–H groups in total. The third-order valence-corrected chi connectivity index (χ3v) is 13.9. The summed E-state index contributed by atoms with van der Waals surface area (Å²) in [5.74, 6) is -1.50. The minimum Gasteiger partial charge on any atom is -0.497 e. The summed E-state index contributed by atoms with van der Waals surface area (Å²) in [6.45, 7) is 6.66. The molecule has 2 aromatic carbocycles. The Bertz CT molecular complexity index is 2410. The first kappa shape index (κ1) is 43.6. The summed E-state index contributed by atoms with van der Waals surface area (Å²) in [6.07, 6.45) is 2.77. The van der Waals surface area contributed by atoms with E-state index < -0.39 is 45.4 Å². The van der Waals surface area contributed by atoms with E-state index in [9.17, 15) is 27.6 Å². The molecule has 0 radical (unpaired) electrons. The third-order valence-electron chi connectivity index (χ3n) is 11.7. The van der Waals surface area contributed by atoms with Crippen molar-refractivity contribution >= 4 is 66.7 Å². The molecule has 61 heavy (non-hydrogen) atoms. The molecule has 18 heteroatoms. The molecule has 0 bridgehead atoms. The Balaban J connectivity index is 1.19. The lowest BCUT2D eigenvalue weighted by Crippen LogP contribution is -2.56. The van der Waals surface area contributed by atoms with Crippen LogP contribution >= 0.6 is 11.3 Å². The largest absolute Gasteiger partial charge is 0.497 e. The van der Waals surface area contributed by atoms with Gasteiger partial charge in [0.15, 0.2) is 5.13 Å². The molecular formula is C43H54N8O8S2. The lowest BCUT2D eigenvalue weighted by atomic mass is 9.94. The molecule has 7 rings (SSSR count). The molecule has 2 unspecified atom stereocenters. The lowest BCUT2D eigenvalue weighted by molar-refractivity contribution is -0.140. The Morgan fingerprint density at radius 2 is 1.85 bits per heavy atom. The summed E-state index contributed by atoms with van der Waals surface area (Å²) in [4.78, 5) is 66.0. The normalized spacial score (nSPS) is 23.7. The van der Waals surface area contributed by atoms with E-state index in [0.717, 1.165) is 30.8 Å². The summed E-state index contributed by atoms with van der Waals surface area (Å²) in [7, 11) is -1.30. The van der Waals surface area contributed by atoms with Crippen molar-refractivity contribution in [2.45, 2.75) is 101 Å². The number of methoxy groups -OCH3 is 1. The lowest BCUT2D eigenvalue weighted by Gasteiger charge is -2.27. The van der Waals surface area contributed by atoms with E-state index in [0.29, 0.717) is 46.0 Å². The van der Waals surface area contributed by atoms with Crippen LogP contribution in [-0.4, -0.2) is 97.9 Å². The fourth-order valence-corrected chi connectivity index (χ4v) is 10.4. The predicted molar refractivity (Wildman–Crippen MR) is 233 cm³/mol. The molecule has 326 valence electrons. The number of hydrogen-bond donors (Lipinski definition) is 5. The molecule has 3 aliphatic rings. The molecule has 2 aliphatic heterocycles. The number of anilines is 2. The van der Waals surface area contributed by atoms with Gasteiger partial charge in [-0.1, -0.05) is 38.3 Å². The number of rotatable bonds is 11. The molecule has 0 spiro atoms. The zero-order valence-corrected chi connectivity index (χ0v) is 36.7. The second kappa shape index (κ2) is 18.2. The number of para-hydroxylation sites is 1. The third kappa shape index (κ3) is 9.70. The molecule has 2 aromatic heterocycles. The SMILES string of the molecule is CNC(=O)CCC(=O)N1C[C@H](Oc2cc(-c3csc(NC(C)C)n3)nc3cc(OC)ccc23)C[C@H]1C(=O)N[C@]12CC1C(C)CCCCCNc1ccccc1S(=O)(=O)NC2=O. The van der Waals surface area contributed by atoms with Crippen LogP contribution in [0.25, 0.3) is 22.3 Å². The van der Waals surface area contributed by atoms with Crippen LogP contribution in [0.5, 0.6) is 11.5 Å². The maximum atomic E-state index is 14.6. The van der Waals surface area contributed by atoms with E-state index >= 15 is 0 Å². The number of carbonyl (C=O) groups is 4. The van der Waals surface area contributed by atoms with Crippen LogP contribution in [0.2, 0.25) is 0 Å². The highest BCUT2D eigenvalue weighted by molar-refractivity contribution is 7.90. The first-order valence-electron chi connectivity index (χ1n) is 20.8. The van der Waals surface area contributed by atoms with Gasteiger partial charge in [0.1, 0.15) is 39.8 Å². The van der Waals surface area contributed by atoms with Crippen LogP contribution in [0.15, 0.2) is 58.8 Å². The standard InChI is InChI=1S/C43H54N8O8S2/c1-25(2)46-42-48-34(24-60-42)33-21-36(29-15-14-27(58-5)19-32(29)47-33)59-28-20-35(51(23-28)39(53)17-16-38(52)44-4)40(54)49-43-22-30(43)26(3)11-7-6-10-18-45-31-12-8-9-13-37(31)61(56,57)50-41(43)55/h8-9,12-15,19,21,24-26,28,30,35,45H,6-7,10-11,16-18,20,22-23H2,1-5H3,(H,44,52)(H,46,48)(H,49,54)(H,50,55)/t26?,28-,30?,35+,43-/m1/s1. The minimum absolute atomic E-state index is 0.00960. The van der Waals surface area contributed by atoms with Crippen molar-refractivity contribution in [3.8, 4) is 22.9 Å². The quantitative estimate of drug-likeness (QED) is 0.134. The molecular weight excluding hydrogens is 821 g/mol. The van der Waals surface area contributed by atoms with Gasteiger partial charge in [-0.2, -0.15) is 0 Å². The second-order valence-electron chi connectivity index (χ2n) is 16.4. The summed E-state index contributed by atoms with van der Waals surface area (Å²) >= 11 is 1.45. The Morgan fingerprint density at radius 1 is 1.05 bits per heavy atom. The Kier molecular flexibility index (Phi) is 13.0. The van der Waals surface area contributed by atoms with Crippen LogP contribution in [-0.2, 0) is 29.2 Å². The number of thiazole rings is 1. The van der Waals surface area contributed by atoms with Crippen LogP contribution in [0.4, 0.5) is 10.8 Å². The number of nitrogens with zero attached hydrogens (tertiary/aromatic N) is 3. The number of aromatic nitrogens is 2. The zero-order chi connectivity index (χ0) is 43.5. The summed E-state index contributed by atoms with van der Waals surface area (Å²) in [5.41, 5.74) is 0.626. The number of likely N-dealkylation sites (tertiary alicyclic amines) is 1. The van der Waals surface area contributed by atoms with Gasteiger partial charge in [-0.15, -0.1) is 11.3 Å². The molecule has 1 aliphatic carbocycles. The average molecular weight is 875 g/mol. The molecule has 4 aromatic rings. The van der Waals surface area contributed by atoms with E-state index in [2.05, 4.69) is 26.0 Å². The Hall–Kier alpha value is -5.49. The van der Waals surface area contributed by atoms with E-state index in [1.165, 1.54) is 29.4 Å². The number of hydrogen-bond acceptors (Lipinski definition) is 13. The van der Waals surface area contributed by atoms with Crippen LogP contribution in [0.1, 0.15) is 72.1 Å². The first-order chi connectivity index (χ1) is 29.2. The van der Waals surface area contributed by atoms with Gasteiger partial charge < -0.3 is 35.6 Å². The van der Waals surface area contributed by atoms with Crippen molar-refractivity contribution < 1.29 is 37.1 Å². The molecule has 1 saturated heterocycles. The van der Waals surface area contributed by atoms with Crippen molar-refractivity contribution in [1.82, 2.24) is 30.2 Å². The number of ether oxygens (including phenoxy) is 2. The number of sulfonamides is 1. The van der Waals surface area contributed by atoms with Crippen LogP contribution in [0, 0.1) is 11.8 Å². The smallest absolute Gasteiger partial charge is 0.266 e. The topological polar surface area (TPSA) is 210 Å². The van der Waals surface area contributed by atoms with Gasteiger partial charge in [-0.25, -0.2) is 23.1 Å². The summed E-state index contributed by atoms with van der Waals surface area (Å²) in [6, 6.07) is 12.7. The first-order valence-corrected chi connectivity index (χ1v) is 23.2. The summed E-state index contributed by atoms with van der Waals surface area (Å²) < 4.78 is 42.1. The highest BCUT2D eigenvalue weighted by Gasteiger charge is 2.64. The van der Waals surface area contributed by atoms with Crippen molar-refractivity contribution in [3.63, 3.8) is 0 Å². The average Bonchev–Trinajstić information content (AvgIpc) is 3.52. The van der Waals surface area contributed by atoms with Crippen LogP contribution in [0.3, 0.4) is 0 Å². The van der Waals surface area contributed by atoms with E-state index in [4.69, 9.17) is 19.4 Å². The van der Waals surface area contributed by atoms with Gasteiger partial charge in [-0.3, -0.25) is 19.2 Å². The monoisotopic (exact) mass is 874 g/mol. The molecule has 5 atom stereocenters. The number of pyridine rings is 1. The molecule has 1 saturated carbocycles. The van der Waals surface area contributed by atoms with E-state index in [1.807, 2.05) is 32.2 Å². The highest BCUT2D eigenvalue weighted by Crippen LogP contribution is 2.51. The van der Waals surface area contributed by atoms with Crippen molar-refractivity contribution in [2.75, 3.05) is 37.9 Å². The maximum Gasteiger partial charge on any atom is 0.266 e. The fraction of sp³-hybridized carbons (Fsp3) is 0.488. The molecule has 16 nitrogen and oxygen atoms in total. The number of nitrogens with one attached hydrogen (secondary N) is 5. The second-order valence-corrected chi connectivity index (χ2v) is 18.9. The van der Waals surface area contributed by atoms with Gasteiger partial charge >= 0.3 is 0 Å². The van der Waals surface area contributed by atoms with Crippen molar-refractivity contribution in [3.05, 3.63) is 53.9 Å². The van der Waals surface area contributed by atoms with Crippen molar-refractivity contribution in [1.29, 1.82) is 0 Å². The number of carbonyl (C=O) groups excluding carboxylic acids is 4. The van der Waals surface area contributed by atoms with Gasteiger partial charge in [-0.05, 0) is 62.8 Å². The van der Waals surface area contributed by atoms with Crippen molar-refractivity contribution in [2.24, 2.45) is 11.8 Å². The van der Waals surface area contributed by atoms with Gasteiger partial charge in [0, 0.05) is 61.8 Å². The van der Waals surface area contributed by atoms with E-state index in [-0.39, 0.29) is 60.9 Å². The Labute approximate surface area is 360 Å². The predicted octanol–water partition coefficient (Wildman–Crippen LogP) is 5.06.